The second-order valence-corrected chi connectivity index (χ2v) is 8.45. The van der Waals surface area contributed by atoms with Gasteiger partial charge in [0, 0.05) is 34.2 Å². The van der Waals surface area contributed by atoms with Gasteiger partial charge < -0.3 is 14.6 Å². The van der Waals surface area contributed by atoms with Gasteiger partial charge in [0.25, 0.3) is 5.92 Å². The molecule has 3 aromatic carbocycles. The number of phenolic OH excluding ortho intramolecular Hbond substituents is 1. The molecule has 1 heterocycles. The number of methoxy groups -OCH3 is 1. The molecule has 0 amide bonds. The Kier molecular flexibility index (Phi) is 6.16. The highest BCUT2D eigenvalue weighted by atomic mass is 32.1. The van der Waals surface area contributed by atoms with E-state index in [1.807, 2.05) is 0 Å². The predicted octanol–water partition coefficient (Wildman–Crippen LogP) is 7.36. The molecule has 0 bridgehead atoms. The van der Waals surface area contributed by atoms with E-state index >= 15 is 0 Å². The van der Waals surface area contributed by atoms with Gasteiger partial charge in [-0.15, -0.1) is 11.3 Å². The maximum absolute atomic E-state index is 14.4. The lowest BCUT2D eigenvalue weighted by molar-refractivity contribution is -0.134. The van der Waals surface area contributed by atoms with Crippen LogP contribution < -0.4 is 4.74 Å². The lowest BCUT2D eigenvalue weighted by Crippen LogP contribution is -2.08. The van der Waals surface area contributed by atoms with Crippen molar-refractivity contribution in [1.29, 1.82) is 0 Å². The zero-order chi connectivity index (χ0) is 23.6. The van der Waals surface area contributed by atoms with Gasteiger partial charge >= 0.3 is 5.97 Å². The van der Waals surface area contributed by atoms with Crippen LogP contribution in [0.4, 0.5) is 8.78 Å². The second-order valence-electron chi connectivity index (χ2n) is 7.40. The van der Waals surface area contributed by atoms with E-state index in [9.17, 15) is 18.7 Å². The molecule has 4 rings (SSSR count). The number of hydrogen-bond acceptors (Lipinski definition) is 5. The molecule has 1 N–H and O–H groups in total. The van der Waals surface area contributed by atoms with Crippen LogP contribution in [0.2, 0.25) is 0 Å². The van der Waals surface area contributed by atoms with Gasteiger partial charge in [-0.05, 0) is 42.0 Å². The molecule has 0 fully saturated rings. The Hall–Kier alpha value is -3.71. The number of halogens is 2. The lowest BCUT2D eigenvalue weighted by Gasteiger charge is -2.16. The van der Waals surface area contributed by atoms with E-state index in [4.69, 9.17) is 4.74 Å². The summed E-state index contributed by atoms with van der Waals surface area (Å²) in [7, 11) is 1.30. The van der Waals surface area contributed by atoms with E-state index in [2.05, 4.69) is 4.74 Å². The molecule has 33 heavy (non-hydrogen) atoms. The van der Waals surface area contributed by atoms with Crippen molar-refractivity contribution in [3.63, 3.8) is 0 Å². The molecule has 0 atom stereocenters. The van der Waals surface area contributed by atoms with Crippen molar-refractivity contribution < 1.29 is 28.2 Å². The zero-order valence-corrected chi connectivity index (χ0v) is 18.7. The summed E-state index contributed by atoms with van der Waals surface area (Å²) in [4.78, 5) is 11.8. The van der Waals surface area contributed by atoms with E-state index in [0.717, 1.165) is 12.5 Å². The standard InChI is InChI=1S/C26H20F2O4S/c1-26(27,28)21-6-4-3-5-19(21)25-24(20-13-10-17(29)15-22(20)33-25)32-18-11-7-16(8-12-18)9-14-23(30)31-2/h3-15,29H,1-2H3/b14-9+. The first-order valence-corrected chi connectivity index (χ1v) is 10.8. The summed E-state index contributed by atoms with van der Waals surface area (Å²) in [6.45, 7) is 0.867. The molecule has 0 saturated heterocycles. The normalized spacial score (nSPS) is 11.8. The Bertz CT molecular complexity index is 1330. The van der Waals surface area contributed by atoms with Crippen LogP contribution in [0, 0.1) is 0 Å². The van der Waals surface area contributed by atoms with Crippen LogP contribution in [-0.2, 0) is 15.5 Å². The van der Waals surface area contributed by atoms with Crippen LogP contribution in [0.15, 0.2) is 72.8 Å². The number of rotatable bonds is 6. The highest BCUT2D eigenvalue weighted by Gasteiger charge is 2.30. The number of thiophene rings is 1. The summed E-state index contributed by atoms with van der Waals surface area (Å²) >= 11 is 1.28. The number of fused-ring (bicyclic) bond motifs is 1. The Labute approximate surface area is 193 Å². The van der Waals surface area contributed by atoms with Crippen molar-refractivity contribution in [1.82, 2.24) is 0 Å². The Balaban J connectivity index is 1.79. The molecule has 0 radical (unpaired) electrons. The Morgan fingerprint density at radius 2 is 1.79 bits per heavy atom. The highest BCUT2D eigenvalue weighted by molar-refractivity contribution is 7.22. The van der Waals surface area contributed by atoms with Crippen molar-refractivity contribution in [3.8, 4) is 27.7 Å². The number of alkyl halides is 2. The van der Waals surface area contributed by atoms with Gasteiger partial charge in [0.05, 0.1) is 12.0 Å². The first-order valence-electron chi connectivity index (χ1n) is 10.0. The number of phenols is 1. The second kappa shape index (κ2) is 9.03. The van der Waals surface area contributed by atoms with Gasteiger partial charge in [-0.3, -0.25) is 0 Å². The van der Waals surface area contributed by atoms with Crippen molar-refractivity contribution in [2.45, 2.75) is 12.8 Å². The molecular weight excluding hydrogens is 446 g/mol. The average Bonchev–Trinajstić information content (AvgIpc) is 3.14. The third-order valence-electron chi connectivity index (χ3n) is 4.99. The molecule has 7 heteroatoms. The Morgan fingerprint density at radius 3 is 2.48 bits per heavy atom. The van der Waals surface area contributed by atoms with Crippen molar-refractivity contribution in [3.05, 3.63) is 83.9 Å². The fourth-order valence-corrected chi connectivity index (χ4v) is 4.60. The molecule has 4 aromatic rings. The number of carbonyl (C=O) groups excluding carboxylic acids is 1. The van der Waals surface area contributed by atoms with Crippen LogP contribution in [0.5, 0.6) is 17.2 Å². The quantitative estimate of drug-likeness (QED) is 0.238. The van der Waals surface area contributed by atoms with Gasteiger partial charge in [0.1, 0.15) is 11.5 Å². The van der Waals surface area contributed by atoms with Crippen LogP contribution >= 0.6 is 11.3 Å². The summed E-state index contributed by atoms with van der Waals surface area (Å²) < 4.78 is 40.2. The Morgan fingerprint density at radius 1 is 1.06 bits per heavy atom. The molecule has 4 nitrogen and oxygen atoms in total. The minimum atomic E-state index is -3.04. The third-order valence-corrected chi connectivity index (χ3v) is 6.15. The van der Waals surface area contributed by atoms with Crippen LogP contribution in [0.1, 0.15) is 18.1 Å². The summed E-state index contributed by atoms with van der Waals surface area (Å²) in [5.74, 6) is -2.48. The maximum Gasteiger partial charge on any atom is 0.330 e. The minimum Gasteiger partial charge on any atom is -0.508 e. The van der Waals surface area contributed by atoms with Crippen LogP contribution in [0.3, 0.4) is 0 Å². The van der Waals surface area contributed by atoms with E-state index in [1.165, 1.54) is 36.7 Å². The number of benzene rings is 3. The van der Waals surface area contributed by atoms with Crippen molar-refractivity contribution in [2.75, 3.05) is 7.11 Å². The molecular formula is C26H20F2O4S. The zero-order valence-electron chi connectivity index (χ0n) is 17.8. The number of esters is 1. The van der Waals surface area contributed by atoms with Gasteiger partial charge in [0.15, 0.2) is 5.75 Å². The molecule has 0 aliphatic rings. The highest BCUT2D eigenvalue weighted by Crippen LogP contribution is 2.49. The molecule has 0 saturated carbocycles. The van der Waals surface area contributed by atoms with Gasteiger partial charge in [0.2, 0.25) is 0 Å². The fourth-order valence-electron chi connectivity index (χ4n) is 3.40. The number of ether oxygens (including phenoxy) is 2. The smallest absolute Gasteiger partial charge is 0.330 e. The molecule has 0 aliphatic heterocycles. The summed E-state index contributed by atoms with van der Waals surface area (Å²) in [5.41, 5.74) is 1.04. The van der Waals surface area contributed by atoms with Crippen molar-refractivity contribution >= 4 is 33.5 Å². The SMILES string of the molecule is COC(=O)/C=C/c1ccc(Oc2c(-c3ccccc3C(C)(F)F)sc3cc(O)ccc23)cc1. The van der Waals surface area contributed by atoms with E-state index in [0.29, 0.717) is 32.0 Å². The predicted molar refractivity (Wildman–Crippen MR) is 126 cm³/mol. The number of carbonyl (C=O) groups is 1. The molecule has 0 unspecified atom stereocenters. The van der Waals surface area contributed by atoms with E-state index in [-0.39, 0.29) is 11.3 Å². The largest absolute Gasteiger partial charge is 0.508 e. The van der Waals surface area contributed by atoms with Crippen LogP contribution in [0.25, 0.3) is 26.6 Å². The molecule has 0 spiro atoms. The molecule has 1 aromatic heterocycles. The van der Waals surface area contributed by atoms with Crippen LogP contribution in [-0.4, -0.2) is 18.2 Å². The van der Waals surface area contributed by atoms with Gasteiger partial charge in [-0.2, -0.15) is 0 Å². The average molecular weight is 467 g/mol. The summed E-state index contributed by atoms with van der Waals surface area (Å²) in [5, 5.41) is 10.6. The maximum atomic E-state index is 14.4. The van der Waals surface area contributed by atoms with E-state index in [1.54, 1.807) is 60.7 Å². The lowest BCUT2D eigenvalue weighted by atomic mass is 10.0. The summed E-state index contributed by atoms with van der Waals surface area (Å²) in [6, 6.07) is 18.2. The minimum absolute atomic E-state index is 0.0812. The number of hydrogen-bond donors (Lipinski definition) is 1. The first kappa shape index (κ1) is 22.5. The number of aromatic hydroxyl groups is 1. The molecule has 168 valence electrons. The monoisotopic (exact) mass is 466 g/mol. The topological polar surface area (TPSA) is 55.8 Å². The third kappa shape index (κ3) is 4.88. The van der Waals surface area contributed by atoms with Gasteiger partial charge in [-0.25, -0.2) is 13.6 Å². The van der Waals surface area contributed by atoms with Gasteiger partial charge in [-0.1, -0.05) is 36.4 Å². The fraction of sp³-hybridized carbons (Fsp3) is 0.115. The molecule has 0 aliphatic carbocycles. The van der Waals surface area contributed by atoms with E-state index < -0.39 is 11.9 Å². The summed E-state index contributed by atoms with van der Waals surface area (Å²) in [6.07, 6.45) is 2.93. The van der Waals surface area contributed by atoms with Crippen molar-refractivity contribution in [2.24, 2.45) is 0 Å². The first-order chi connectivity index (χ1) is 15.8.